The second-order valence-corrected chi connectivity index (χ2v) is 11.0. The Morgan fingerprint density at radius 3 is 2.59 bits per heavy atom. The molecule has 1 aliphatic carbocycles. The molecule has 7 nitrogen and oxygen atoms in total. The number of carbonyl (C=O) groups excluding carboxylic acids is 2. The molecule has 5 aromatic rings. The number of hydrogen-bond acceptors (Lipinski definition) is 5. The van der Waals surface area contributed by atoms with Crippen LogP contribution in [-0.4, -0.2) is 26.8 Å². The highest BCUT2D eigenvalue weighted by molar-refractivity contribution is 7.20. The van der Waals surface area contributed by atoms with Crippen LogP contribution in [0.3, 0.4) is 0 Å². The second kappa shape index (κ2) is 10.4. The Bertz CT molecular complexity index is 1670. The number of fused-ring (bicyclic) bond motifs is 1. The topological polar surface area (TPSA) is 96.3 Å². The van der Waals surface area contributed by atoms with E-state index in [1.807, 2.05) is 67.6 Å². The average Bonchev–Trinajstić information content (AvgIpc) is 3.53. The summed E-state index contributed by atoms with van der Waals surface area (Å²) in [5, 5.41) is 22.3. The maximum atomic E-state index is 13.2. The van der Waals surface area contributed by atoms with Crippen molar-refractivity contribution in [2.75, 3.05) is 5.32 Å². The van der Waals surface area contributed by atoms with Crippen molar-refractivity contribution in [3.63, 3.8) is 0 Å². The maximum Gasteiger partial charge on any atom is 0.342 e. The van der Waals surface area contributed by atoms with Gasteiger partial charge < -0.3 is 15.7 Å². The van der Waals surface area contributed by atoms with Gasteiger partial charge in [-0.2, -0.15) is 9.78 Å². The van der Waals surface area contributed by atoms with E-state index < -0.39 is 0 Å². The van der Waals surface area contributed by atoms with E-state index in [1.54, 1.807) is 12.1 Å². The van der Waals surface area contributed by atoms with Gasteiger partial charge in [0.1, 0.15) is 5.75 Å². The van der Waals surface area contributed by atoms with Crippen LogP contribution in [0.1, 0.15) is 51.7 Å². The van der Waals surface area contributed by atoms with E-state index in [1.165, 1.54) is 22.1 Å². The van der Waals surface area contributed by atoms with Crippen LogP contribution in [0, 0.1) is 6.92 Å². The Morgan fingerprint density at radius 1 is 1.03 bits per heavy atom. The fourth-order valence-electron chi connectivity index (χ4n) is 4.84. The summed E-state index contributed by atoms with van der Waals surface area (Å²) in [6.45, 7) is 2.41. The van der Waals surface area contributed by atoms with Crippen LogP contribution in [0.25, 0.3) is 21.3 Å². The average molecular weight is 537 g/mol. The standard InChI is InChI=1S/C31H28N4O3S/c1-19-7-2-3-9-22(19)18-32-31(38)35-26(20-10-6-11-20)17-25(34-35)24-16-23(13-14-27(24)36)33-30(37)29-15-21-8-4-5-12-28(21)39-29/h2-5,7-9,12-17,20,36H,6,10-11,18H2,1H3,(H,32,38)(H,33,37). The Morgan fingerprint density at radius 2 is 1.82 bits per heavy atom. The predicted molar refractivity (Wildman–Crippen MR) is 155 cm³/mol. The van der Waals surface area contributed by atoms with E-state index in [2.05, 4.69) is 15.7 Å². The van der Waals surface area contributed by atoms with Gasteiger partial charge in [0.25, 0.3) is 5.91 Å². The fourth-order valence-corrected chi connectivity index (χ4v) is 5.80. The van der Waals surface area contributed by atoms with Gasteiger partial charge in [-0.3, -0.25) is 4.79 Å². The van der Waals surface area contributed by atoms with Gasteiger partial charge in [0, 0.05) is 28.4 Å². The van der Waals surface area contributed by atoms with E-state index in [-0.39, 0.29) is 23.6 Å². The SMILES string of the molecule is Cc1ccccc1CNC(=O)n1nc(-c2cc(NC(=O)c3cc4ccccc4s3)ccc2O)cc1C1CCC1. The van der Waals surface area contributed by atoms with Crippen molar-refractivity contribution in [2.45, 2.75) is 38.6 Å². The van der Waals surface area contributed by atoms with Crippen molar-refractivity contribution in [2.24, 2.45) is 0 Å². The van der Waals surface area contributed by atoms with Crippen molar-refractivity contribution in [1.29, 1.82) is 0 Å². The molecule has 0 spiro atoms. The molecule has 1 fully saturated rings. The summed E-state index contributed by atoms with van der Waals surface area (Å²) < 4.78 is 2.48. The largest absolute Gasteiger partial charge is 0.507 e. The van der Waals surface area contributed by atoms with Crippen molar-refractivity contribution >= 4 is 39.0 Å². The molecule has 0 radical (unpaired) electrons. The van der Waals surface area contributed by atoms with E-state index in [4.69, 9.17) is 0 Å². The van der Waals surface area contributed by atoms with Crippen molar-refractivity contribution in [3.05, 3.63) is 101 Å². The van der Waals surface area contributed by atoms with Crippen LogP contribution in [-0.2, 0) is 6.54 Å². The number of aromatic nitrogens is 2. The summed E-state index contributed by atoms with van der Waals surface area (Å²) in [6, 6.07) is 24.1. The molecule has 3 aromatic carbocycles. The quantitative estimate of drug-likeness (QED) is 0.203. The molecule has 2 aromatic heterocycles. The summed E-state index contributed by atoms with van der Waals surface area (Å²) in [5.41, 5.74) is 4.46. The number of carbonyl (C=O) groups is 2. The molecule has 3 N–H and O–H groups in total. The first-order valence-corrected chi connectivity index (χ1v) is 13.8. The molecule has 39 heavy (non-hydrogen) atoms. The van der Waals surface area contributed by atoms with Gasteiger partial charge in [0.15, 0.2) is 0 Å². The minimum Gasteiger partial charge on any atom is -0.507 e. The number of aromatic hydroxyl groups is 1. The van der Waals surface area contributed by atoms with E-state index in [9.17, 15) is 14.7 Å². The van der Waals surface area contributed by atoms with Crippen molar-refractivity contribution < 1.29 is 14.7 Å². The molecule has 8 heteroatoms. The molecule has 1 aliphatic rings. The number of hydrogen-bond donors (Lipinski definition) is 3. The first-order valence-electron chi connectivity index (χ1n) is 13.0. The highest BCUT2D eigenvalue weighted by atomic mass is 32.1. The first kappa shape index (κ1) is 24.9. The Hall–Kier alpha value is -4.43. The normalized spacial score (nSPS) is 13.3. The Labute approximate surface area is 230 Å². The molecule has 6 rings (SSSR count). The molecule has 1 saturated carbocycles. The highest BCUT2D eigenvalue weighted by Crippen LogP contribution is 2.39. The van der Waals surface area contributed by atoms with Gasteiger partial charge in [-0.25, -0.2) is 4.79 Å². The first-order chi connectivity index (χ1) is 19.0. The molecule has 0 saturated heterocycles. The van der Waals surface area contributed by atoms with Gasteiger partial charge in [-0.1, -0.05) is 48.9 Å². The third kappa shape index (κ3) is 5.03. The van der Waals surface area contributed by atoms with Crippen molar-refractivity contribution in [3.8, 4) is 17.0 Å². The third-order valence-corrected chi connectivity index (χ3v) is 8.44. The molecule has 0 bridgehead atoms. The molecule has 2 heterocycles. The zero-order chi connectivity index (χ0) is 26.9. The lowest BCUT2D eigenvalue weighted by Crippen LogP contribution is -2.31. The number of aryl methyl sites for hydroxylation is 1. The highest BCUT2D eigenvalue weighted by Gasteiger charge is 2.28. The number of nitrogens with one attached hydrogen (secondary N) is 2. The number of nitrogens with zero attached hydrogens (tertiary/aromatic N) is 2. The lowest BCUT2D eigenvalue weighted by atomic mass is 9.82. The molecule has 2 amide bonds. The molecule has 0 unspecified atom stereocenters. The van der Waals surface area contributed by atoms with Crippen molar-refractivity contribution in [1.82, 2.24) is 15.1 Å². The Kier molecular flexibility index (Phi) is 6.62. The molecule has 0 atom stereocenters. The minimum absolute atomic E-state index is 0.0278. The molecule has 196 valence electrons. The summed E-state index contributed by atoms with van der Waals surface area (Å²) in [7, 11) is 0. The van der Waals surface area contributed by atoms with E-state index in [0.29, 0.717) is 28.4 Å². The van der Waals surface area contributed by atoms with Crippen LogP contribution in [0.5, 0.6) is 5.75 Å². The summed E-state index contributed by atoms with van der Waals surface area (Å²) in [5.74, 6) is 0.0533. The number of phenolic OH excluding ortho intramolecular Hbond substituents is 1. The van der Waals surface area contributed by atoms with Crippen LogP contribution in [0.15, 0.2) is 78.9 Å². The Balaban J connectivity index is 1.26. The van der Waals surface area contributed by atoms with Gasteiger partial charge in [-0.05, 0) is 72.7 Å². The van der Waals surface area contributed by atoms with Gasteiger partial charge >= 0.3 is 6.03 Å². The van der Waals surface area contributed by atoms with Crippen LogP contribution in [0.2, 0.25) is 0 Å². The summed E-state index contributed by atoms with van der Waals surface area (Å²) >= 11 is 1.43. The van der Waals surface area contributed by atoms with Gasteiger partial charge in [0.2, 0.25) is 0 Å². The summed E-state index contributed by atoms with van der Waals surface area (Å²) in [6.07, 6.45) is 3.10. The number of thiophene rings is 1. The minimum atomic E-state index is -0.305. The fraction of sp³-hybridized carbons (Fsp3) is 0.194. The number of phenols is 1. The van der Waals surface area contributed by atoms with Gasteiger partial charge in [0.05, 0.1) is 16.3 Å². The van der Waals surface area contributed by atoms with E-state index in [0.717, 1.165) is 46.2 Å². The van der Waals surface area contributed by atoms with Gasteiger partial charge in [-0.15, -0.1) is 11.3 Å². The molecular formula is C31H28N4O3S. The lowest BCUT2D eigenvalue weighted by molar-refractivity contribution is 0.103. The number of rotatable bonds is 6. The maximum absolute atomic E-state index is 13.2. The smallest absolute Gasteiger partial charge is 0.342 e. The monoisotopic (exact) mass is 536 g/mol. The molecular weight excluding hydrogens is 508 g/mol. The second-order valence-electron chi connectivity index (χ2n) is 9.91. The van der Waals surface area contributed by atoms with Crippen LogP contribution < -0.4 is 10.6 Å². The zero-order valence-electron chi connectivity index (χ0n) is 21.5. The molecule has 0 aliphatic heterocycles. The summed E-state index contributed by atoms with van der Waals surface area (Å²) in [4.78, 5) is 26.8. The number of amides is 2. The third-order valence-electron chi connectivity index (χ3n) is 7.32. The predicted octanol–water partition coefficient (Wildman–Crippen LogP) is 7.06. The number of benzene rings is 3. The lowest BCUT2D eigenvalue weighted by Gasteiger charge is -2.25. The van der Waals surface area contributed by atoms with Crippen LogP contribution in [0.4, 0.5) is 10.5 Å². The van der Waals surface area contributed by atoms with Crippen LogP contribution >= 0.6 is 11.3 Å². The number of anilines is 1. The zero-order valence-corrected chi connectivity index (χ0v) is 22.3. The van der Waals surface area contributed by atoms with E-state index >= 15 is 0 Å².